The number of ether oxygens (including phenoxy) is 1. The van der Waals surface area contributed by atoms with Crippen molar-refractivity contribution >= 4 is 0 Å². The van der Waals surface area contributed by atoms with Crippen molar-refractivity contribution in [3.63, 3.8) is 0 Å². The van der Waals surface area contributed by atoms with Crippen LogP contribution in [0.1, 0.15) is 29.5 Å². The van der Waals surface area contributed by atoms with Gasteiger partial charge in [0.05, 0.1) is 0 Å². The van der Waals surface area contributed by atoms with Crippen molar-refractivity contribution in [2.75, 3.05) is 6.54 Å². The average molecular weight is 203 g/mol. The van der Waals surface area contributed by atoms with Crippen molar-refractivity contribution < 1.29 is 4.74 Å². The van der Waals surface area contributed by atoms with E-state index in [4.69, 9.17) is 10.5 Å². The fraction of sp³-hybridized carbons (Fsp3) is 0.538. The number of rotatable bonds is 1. The van der Waals surface area contributed by atoms with Crippen molar-refractivity contribution in [3.8, 4) is 5.75 Å². The van der Waals surface area contributed by atoms with Gasteiger partial charge in [-0.05, 0) is 42.9 Å². The van der Waals surface area contributed by atoms with Crippen molar-refractivity contribution in [1.29, 1.82) is 0 Å². The predicted octanol–water partition coefficient (Wildman–Crippen LogP) is 1.83. The largest absolute Gasteiger partial charge is 0.488 e. The molecule has 3 rings (SSSR count). The first-order valence-electron chi connectivity index (χ1n) is 5.89. The van der Waals surface area contributed by atoms with E-state index in [0.29, 0.717) is 6.54 Å². The summed E-state index contributed by atoms with van der Waals surface area (Å²) in [6.07, 6.45) is 6.39. The summed E-state index contributed by atoms with van der Waals surface area (Å²) >= 11 is 0. The first-order valence-corrected chi connectivity index (χ1v) is 5.89. The molecule has 1 atom stereocenters. The van der Waals surface area contributed by atoms with E-state index in [-0.39, 0.29) is 6.10 Å². The number of benzene rings is 1. The van der Waals surface area contributed by atoms with E-state index in [1.807, 2.05) is 0 Å². The van der Waals surface area contributed by atoms with Gasteiger partial charge >= 0.3 is 0 Å². The Labute approximate surface area is 90.4 Å². The number of aryl methyl sites for hydroxylation is 1. The highest BCUT2D eigenvalue weighted by Crippen LogP contribution is 2.36. The lowest BCUT2D eigenvalue weighted by Crippen LogP contribution is -2.24. The molecule has 0 spiro atoms. The van der Waals surface area contributed by atoms with Crippen LogP contribution in [0.5, 0.6) is 5.75 Å². The number of hydrogen-bond acceptors (Lipinski definition) is 2. The third kappa shape index (κ3) is 1.44. The van der Waals surface area contributed by atoms with Gasteiger partial charge in [-0.2, -0.15) is 0 Å². The second kappa shape index (κ2) is 3.53. The van der Waals surface area contributed by atoms with Crippen LogP contribution in [0.25, 0.3) is 0 Å². The Hall–Kier alpha value is -1.02. The minimum absolute atomic E-state index is 0.216. The normalized spacial score (nSPS) is 23.1. The van der Waals surface area contributed by atoms with Gasteiger partial charge in [0, 0.05) is 18.5 Å². The molecule has 0 aromatic heterocycles. The molecular weight excluding hydrogens is 186 g/mol. The summed E-state index contributed by atoms with van der Waals surface area (Å²) in [7, 11) is 0. The summed E-state index contributed by atoms with van der Waals surface area (Å²) in [5.41, 5.74) is 10.2. The summed E-state index contributed by atoms with van der Waals surface area (Å²) in [5.74, 6) is 1.09. The van der Waals surface area contributed by atoms with Crippen molar-refractivity contribution in [1.82, 2.24) is 0 Å². The molecule has 1 unspecified atom stereocenters. The quantitative estimate of drug-likeness (QED) is 0.755. The van der Waals surface area contributed by atoms with Crippen molar-refractivity contribution in [2.45, 2.75) is 38.2 Å². The highest BCUT2D eigenvalue weighted by Gasteiger charge is 2.26. The fourth-order valence-electron chi connectivity index (χ4n) is 2.80. The van der Waals surface area contributed by atoms with E-state index >= 15 is 0 Å². The molecule has 1 aromatic carbocycles. The maximum Gasteiger partial charge on any atom is 0.123 e. The molecule has 0 amide bonds. The van der Waals surface area contributed by atoms with Gasteiger partial charge in [-0.15, -0.1) is 0 Å². The highest BCUT2D eigenvalue weighted by molar-refractivity contribution is 5.48. The molecule has 0 bridgehead atoms. The average Bonchev–Trinajstić information content (AvgIpc) is 2.72. The molecular formula is C13H17NO. The lowest BCUT2D eigenvalue weighted by molar-refractivity contribution is 0.241. The maximum atomic E-state index is 5.80. The summed E-state index contributed by atoms with van der Waals surface area (Å²) in [5, 5.41) is 0. The zero-order valence-electron chi connectivity index (χ0n) is 8.96. The van der Waals surface area contributed by atoms with Gasteiger partial charge in [0.1, 0.15) is 11.9 Å². The van der Waals surface area contributed by atoms with Crippen LogP contribution in [0.2, 0.25) is 0 Å². The molecule has 1 heterocycles. The number of hydrogen-bond donors (Lipinski definition) is 1. The summed E-state index contributed by atoms with van der Waals surface area (Å²) < 4.78 is 5.80. The molecule has 2 heteroatoms. The third-order valence-electron chi connectivity index (χ3n) is 3.60. The van der Waals surface area contributed by atoms with E-state index in [0.717, 1.165) is 12.2 Å². The predicted molar refractivity (Wildman–Crippen MR) is 60.3 cm³/mol. The molecule has 1 aromatic rings. The maximum absolute atomic E-state index is 5.80. The summed E-state index contributed by atoms with van der Waals surface area (Å²) in [4.78, 5) is 0. The molecule has 2 aliphatic rings. The molecule has 0 fully saturated rings. The lowest BCUT2D eigenvalue weighted by Gasteiger charge is -2.17. The van der Waals surface area contributed by atoms with Gasteiger partial charge in [-0.1, -0.05) is 6.07 Å². The fourth-order valence-corrected chi connectivity index (χ4v) is 2.80. The molecule has 1 aliphatic carbocycles. The van der Waals surface area contributed by atoms with Crippen LogP contribution >= 0.6 is 0 Å². The summed E-state index contributed by atoms with van der Waals surface area (Å²) in [6.45, 7) is 0.628. The van der Waals surface area contributed by atoms with Crippen LogP contribution in [0.15, 0.2) is 12.1 Å². The molecule has 0 saturated carbocycles. The molecule has 80 valence electrons. The van der Waals surface area contributed by atoms with Gasteiger partial charge in [0.15, 0.2) is 0 Å². The highest BCUT2D eigenvalue weighted by atomic mass is 16.5. The van der Waals surface area contributed by atoms with Gasteiger partial charge < -0.3 is 10.5 Å². The lowest BCUT2D eigenvalue weighted by atomic mass is 9.87. The van der Waals surface area contributed by atoms with Crippen LogP contribution in [-0.2, 0) is 19.3 Å². The second-order valence-electron chi connectivity index (χ2n) is 4.57. The monoisotopic (exact) mass is 203 g/mol. The molecule has 15 heavy (non-hydrogen) atoms. The molecule has 0 radical (unpaired) electrons. The van der Waals surface area contributed by atoms with Gasteiger partial charge in [0.2, 0.25) is 0 Å². The van der Waals surface area contributed by atoms with E-state index in [1.54, 1.807) is 11.1 Å². The Morgan fingerprint density at radius 2 is 2.07 bits per heavy atom. The minimum Gasteiger partial charge on any atom is -0.488 e. The Morgan fingerprint density at radius 1 is 1.20 bits per heavy atom. The molecule has 2 N–H and O–H groups in total. The van der Waals surface area contributed by atoms with Crippen molar-refractivity contribution in [3.05, 3.63) is 28.8 Å². The van der Waals surface area contributed by atoms with E-state index in [1.165, 1.54) is 31.2 Å². The van der Waals surface area contributed by atoms with Gasteiger partial charge in [-0.25, -0.2) is 0 Å². The Kier molecular flexibility index (Phi) is 2.17. The topological polar surface area (TPSA) is 35.2 Å². The van der Waals surface area contributed by atoms with Crippen molar-refractivity contribution in [2.24, 2.45) is 5.73 Å². The number of fused-ring (bicyclic) bond motifs is 3. The van der Waals surface area contributed by atoms with Crippen LogP contribution in [0.3, 0.4) is 0 Å². The molecule has 1 aliphatic heterocycles. The zero-order chi connectivity index (χ0) is 10.3. The van der Waals surface area contributed by atoms with Crippen LogP contribution < -0.4 is 10.5 Å². The standard InChI is InChI=1S/C13H17NO/c14-8-10-7-12-11-4-2-1-3-9(11)5-6-13(12)15-10/h5-6,10H,1-4,7-8,14H2. The van der Waals surface area contributed by atoms with E-state index < -0.39 is 0 Å². The minimum atomic E-state index is 0.216. The Morgan fingerprint density at radius 3 is 2.93 bits per heavy atom. The van der Waals surface area contributed by atoms with E-state index in [2.05, 4.69) is 12.1 Å². The Bertz CT molecular complexity index is 386. The second-order valence-corrected chi connectivity index (χ2v) is 4.57. The SMILES string of the molecule is NCC1Cc2c(ccc3c2CCCC3)O1. The number of nitrogens with two attached hydrogens (primary N) is 1. The zero-order valence-corrected chi connectivity index (χ0v) is 8.96. The Balaban J connectivity index is 2.02. The van der Waals surface area contributed by atoms with Crippen LogP contribution in [0, 0.1) is 0 Å². The van der Waals surface area contributed by atoms with Crippen LogP contribution in [-0.4, -0.2) is 12.6 Å². The first-order chi connectivity index (χ1) is 7.38. The first kappa shape index (κ1) is 9.22. The van der Waals surface area contributed by atoms with E-state index in [9.17, 15) is 0 Å². The van der Waals surface area contributed by atoms with Gasteiger partial charge in [0.25, 0.3) is 0 Å². The molecule has 0 saturated heterocycles. The van der Waals surface area contributed by atoms with Crippen LogP contribution in [0.4, 0.5) is 0 Å². The molecule has 2 nitrogen and oxygen atoms in total. The smallest absolute Gasteiger partial charge is 0.123 e. The third-order valence-corrected chi connectivity index (χ3v) is 3.60. The van der Waals surface area contributed by atoms with Gasteiger partial charge in [-0.3, -0.25) is 0 Å². The summed E-state index contributed by atoms with van der Waals surface area (Å²) in [6, 6.07) is 4.38.